The first kappa shape index (κ1) is 15.8. The number of carbonyl (C=O) groups excluding carboxylic acids is 1. The zero-order valence-electron chi connectivity index (χ0n) is 13.4. The fourth-order valence-corrected chi connectivity index (χ4v) is 3.73. The Kier molecular flexibility index (Phi) is 5.85. The van der Waals surface area contributed by atoms with Crippen molar-refractivity contribution in [3.05, 3.63) is 0 Å². The molecule has 2 saturated heterocycles. The molecule has 0 bridgehead atoms. The molecule has 0 aromatic rings. The zero-order valence-corrected chi connectivity index (χ0v) is 13.4. The first-order valence-electron chi connectivity index (χ1n) is 8.46. The predicted octanol–water partition coefficient (Wildman–Crippen LogP) is 1.85. The number of piperidine rings is 1. The molecule has 0 aromatic carbocycles. The van der Waals surface area contributed by atoms with Crippen LogP contribution in [0.25, 0.3) is 0 Å². The molecule has 0 aromatic heterocycles. The second-order valence-corrected chi connectivity index (χ2v) is 6.26. The largest absolute Gasteiger partial charge is 0.339 e. The van der Waals surface area contributed by atoms with Gasteiger partial charge in [-0.3, -0.25) is 9.69 Å². The molecule has 2 heterocycles. The number of hydrogen-bond acceptors (Lipinski definition) is 3. The Morgan fingerprint density at radius 3 is 2.60 bits per heavy atom. The lowest BCUT2D eigenvalue weighted by Crippen LogP contribution is -2.53. The van der Waals surface area contributed by atoms with Crippen molar-refractivity contribution in [1.82, 2.24) is 15.1 Å². The minimum atomic E-state index is 0.145. The average molecular weight is 281 g/mol. The van der Waals surface area contributed by atoms with Crippen molar-refractivity contribution in [3.63, 3.8) is 0 Å². The van der Waals surface area contributed by atoms with E-state index in [1.807, 2.05) is 0 Å². The summed E-state index contributed by atoms with van der Waals surface area (Å²) in [6.45, 7) is 10.6. The van der Waals surface area contributed by atoms with E-state index in [0.717, 1.165) is 39.0 Å². The maximum atomic E-state index is 12.9. The van der Waals surface area contributed by atoms with Gasteiger partial charge in [0.15, 0.2) is 0 Å². The first-order chi connectivity index (χ1) is 9.69. The molecule has 2 rings (SSSR count). The van der Waals surface area contributed by atoms with Crippen LogP contribution in [-0.2, 0) is 4.79 Å². The van der Waals surface area contributed by atoms with Crippen LogP contribution >= 0.6 is 0 Å². The molecular formula is C16H31N3O. The molecule has 2 aliphatic rings. The first-order valence-corrected chi connectivity index (χ1v) is 8.46. The molecule has 0 saturated carbocycles. The Balaban J connectivity index is 2.03. The molecule has 1 N–H and O–H groups in total. The van der Waals surface area contributed by atoms with Gasteiger partial charge < -0.3 is 10.2 Å². The van der Waals surface area contributed by atoms with Crippen LogP contribution in [0.2, 0.25) is 0 Å². The van der Waals surface area contributed by atoms with Gasteiger partial charge in [-0.2, -0.15) is 0 Å². The number of hydrogen-bond donors (Lipinski definition) is 1. The molecule has 1 amide bonds. The Labute approximate surface area is 123 Å². The molecule has 4 nitrogen and oxygen atoms in total. The van der Waals surface area contributed by atoms with Gasteiger partial charge in [-0.15, -0.1) is 0 Å². The van der Waals surface area contributed by atoms with E-state index in [-0.39, 0.29) is 6.04 Å². The highest BCUT2D eigenvalue weighted by atomic mass is 16.2. The highest BCUT2D eigenvalue weighted by Gasteiger charge is 2.38. The number of likely N-dealkylation sites (N-methyl/N-ethyl adjacent to an activating group) is 1. The van der Waals surface area contributed by atoms with Crippen molar-refractivity contribution < 1.29 is 4.79 Å². The standard InChI is InChI=1S/C16H31N3O/c1-4-13(3)18(5-2)16(20)15-7-6-12-19(15)14-8-10-17-11-9-14/h13-15,17H,4-12H2,1-3H3. The highest BCUT2D eigenvalue weighted by Crippen LogP contribution is 2.26. The molecule has 2 fully saturated rings. The molecule has 2 atom stereocenters. The topological polar surface area (TPSA) is 35.6 Å². The second kappa shape index (κ2) is 7.41. The van der Waals surface area contributed by atoms with E-state index in [1.165, 1.54) is 19.3 Å². The number of rotatable bonds is 5. The lowest BCUT2D eigenvalue weighted by Gasteiger charge is -2.38. The molecule has 20 heavy (non-hydrogen) atoms. The van der Waals surface area contributed by atoms with Gasteiger partial charge in [-0.05, 0) is 65.6 Å². The van der Waals surface area contributed by atoms with Gasteiger partial charge in [-0.1, -0.05) is 6.92 Å². The fourth-order valence-electron chi connectivity index (χ4n) is 3.73. The summed E-state index contributed by atoms with van der Waals surface area (Å²) < 4.78 is 0. The smallest absolute Gasteiger partial charge is 0.240 e. The monoisotopic (exact) mass is 281 g/mol. The van der Waals surface area contributed by atoms with Crippen LogP contribution < -0.4 is 5.32 Å². The minimum Gasteiger partial charge on any atom is -0.339 e. The molecule has 4 heteroatoms. The average Bonchev–Trinajstić information content (AvgIpc) is 2.98. The Hall–Kier alpha value is -0.610. The van der Waals surface area contributed by atoms with Crippen molar-refractivity contribution in [1.29, 1.82) is 0 Å². The number of amides is 1. The molecular weight excluding hydrogens is 250 g/mol. The number of carbonyl (C=O) groups is 1. The molecule has 0 radical (unpaired) electrons. The third kappa shape index (κ3) is 3.34. The van der Waals surface area contributed by atoms with E-state index < -0.39 is 0 Å². The van der Waals surface area contributed by atoms with E-state index in [1.54, 1.807) is 0 Å². The van der Waals surface area contributed by atoms with E-state index in [4.69, 9.17) is 0 Å². The van der Waals surface area contributed by atoms with Gasteiger partial charge in [-0.25, -0.2) is 0 Å². The summed E-state index contributed by atoms with van der Waals surface area (Å²) in [4.78, 5) is 17.5. The molecule has 0 spiro atoms. The van der Waals surface area contributed by atoms with E-state index in [0.29, 0.717) is 18.0 Å². The van der Waals surface area contributed by atoms with Crippen LogP contribution in [0, 0.1) is 0 Å². The van der Waals surface area contributed by atoms with Gasteiger partial charge in [0.05, 0.1) is 6.04 Å². The van der Waals surface area contributed by atoms with Crippen molar-refractivity contribution >= 4 is 5.91 Å². The summed E-state index contributed by atoms with van der Waals surface area (Å²) in [5, 5.41) is 3.42. The lowest BCUT2D eigenvalue weighted by atomic mass is 10.0. The van der Waals surface area contributed by atoms with Gasteiger partial charge in [0.25, 0.3) is 0 Å². The number of likely N-dealkylation sites (tertiary alicyclic amines) is 1. The third-order valence-electron chi connectivity index (χ3n) is 5.10. The summed E-state index contributed by atoms with van der Waals surface area (Å²) in [5.41, 5.74) is 0. The second-order valence-electron chi connectivity index (χ2n) is 6.26. The van der Waals surface area contributed by atoms with Crippen molar-refractivity contribution in [2.45, 2.75) is 71.0 Å². The summed E-state index contributed by atoms with van der Waals surface area (Å²) in [6, 6.07) is 1.12. The molecule has 0 aliphatic carbocycles. The number of nitrogens with zero attached hydrogens (tertiary/aromatic N) is 2. The summed E-state index contributed by atoms with van der Waals surface area (Å²) in [5.74, 6) is 0.373. The van der Waals surface area contributed by atoms with Gasteiger partial charge in [0, 0.05) is 18.6 Å². The van der Waals surface area contributed by atoms with E-state index >= 15 is 0 Å². The maximum Gasteiger partial charge on any atom is 0.240 e. The van der Waals surface area contributed by atoms with Crippen LogP contribution in [0.1, 0.15) is 52.9 Å². The van der Waals surface area contributed by atoms with E-state index in [2.05, 4.69) is 35.9 Å². The summed E-state index contributed by atoms with van der Waals surface area (Å²) >= 11 is 0. The van der Waals surface area contributed by atoms with Crippen molar-refractivity contribution in [3.8, 4) is 0 Å². The zero-order chi connectivity index (χ0) is 14.5. The van der Waals surface area contributed by atoms with Crippen LogP contribution in [0.3, 0.4) is 0 Å². The minimum absolute atomic E-state index is 0.145. The van der Waals surface area contributed by atoms with Gasteiger partial charge in [0.2, 0.25) is 5.91 Å². The van der Waals surface area contributed by atoms with Crippen molar-refractivity contribution in [2.75, 3.05) is 26.2 Å². The van der Waals surface area contributed by atoms with E-state index in [9.17, 15) is 4.79 Å². The van der Waals surface area contributed by atoms with Crippen LogP contribution in [-0.4, -0.2) is 60.0 Å². The molecule has 2 unspecified atom stereocenters. The van der Waals surface area contributed by atoms with Crippen molar-refractivity contribution in [2.24, 2.45) is 0 Å². The fraction of sp³-hybridized carbons (Fsp3) is 0.938. The summed E-state index contributed by atoms with van der Waals surface area (Å²) in [6.07, 6.45) is 5.66. The van der Waals surface area contributed by atoms with Crippen LogP contribution in [0.15, 0.2) is 0 Å². The SMILES string of the molecule is CCC(C)N(CC)C(=O)C1CCCN1C1CCNCC1. The van der Waals surface area contributed by atoms with Crippen LogP contribution in [0.4, 0.5) is 0 Å². The lowest BCUT2D eigenvalue weighted by molar-refractivity contribution is -0.138. The van der Waals surface area contributed by atoms with Crippen LogP contribution in [0.5, 0.6) is 0 Å². The molecule has 116 valence electrons. The highest BCUT2D eigenvalue weighted by molar-refractivity contribution is 5.82. The maximum absolute atomic E-state index is 12.9. The quantitative estimate of drug-likeness (QED) is 0.835. The van der Waals surface area contributed by atoms with Gasteiger partial charge in [0.1, 0.15) is 0 Å². The van der Waals surface area contributed by atoms with Gasteiger partial charge >= 0.3 is 0 Å². The third-order valence-corrected chi connectivity index (χ3v) is 5.10. The predicted molar refractivity (Wildman–Crippen MR) is 82.8 cm³/mol. The molecule has 2 aliphatic heterocycles. The normalized spacial score (nSPS) is 26.6. The number of nitrogens with one attached hydrogen (secondary N) is 1. The summed E-state index contributed by atoms with van der Waals surface area (Å²) in [7, 11) is 0. The Morgan fingerprint density at radius 2 is 2.00 bits per heavy atom. The Morgan fingerprint density at radius 1 is 1.30 bits per heavy atom. The Bertz CT molecular complexity index is 315.